The van der Waals surface area contributed by atoms with Crippen LogP contribution in [0.25, 0.3) is 0 Å². The van der Waals surface area contributed by atoms with Gasteiger partial charge in [0.15, 0.2) is 0 Å². The molecule has 1 heterocycles. The molecule has 0 aliphatic carbocycles. The molecule has 0 saturated carbocycles. The van der Waals surface area contributed by atoms with E-state index in [4.69, 9.17) is 4.74 Å². The van der Waals surface area contributed by atoms with Crippen molar-refractivity contribution in [2.75, 3.05) is 12.0 Å². The van der Waals surface area contributed by atoms with E-state index in [0.29, 0.717) is 30.1 Å². The number of hydrogen-bond acceptors (Lipinski definition) is 4. The van der Waals surface area contributed by atoms with Crippen molar-refractivity contribution in [3.8, 4) is 5.75 Å². The van der Waals surface area contributed by atoms with Gasteiger partial charge in [-0.3, -0.25) is 10.2 Å². The summed E-state index contributed by atoms with van der Waals surface area (Å²) in [6.45, 7) is 0.456. The Bertz CT molecular complexity index is 651. The van der Waals surface area contributed by atoms with Crippen LogP contribution in [0.4, 0.5) is 5.69 Å². The Balaban J connectivity index is 1.86. The molecule has 1 N–H and O–H groups in total. The summed E-state index contributed by atoms with van der Waals surface area (Å²) >= 11 is 0. The predicted molar refractivity (Wildman–Crippen MR) is 78.4 cm³/mol. The van der Waals surface area contributed by atoms with Gasteiger partial charge in [0, 0.05) is 6.42 Å². The molecule has 2 aromatic rings. The van der Waals surface area contributed by atoms with E-state index in [1.54, 1.807) is 12.1 Å². The Morgan fingerprint density at radius 3 is 2.60 bits per heavy atom. The number of hydrazone groups is 1. The lowest BCUT2D eigenvalue weighted by Crippen LogP contribution is -2.15. The van der Waals surface area contributed by atoms with E-state index in [1.807, 2.05) is 42.5 Å². The molecular weight excluding hydrogens is 252 g/mol. The lowest BCUT2D eigenvalue weighted by atomic mass is 10.1. The maximum absolute atomic E-state index is 12.4. The zero-order valence-electron chi connectivity index (χ0n) is 10.9. The highest BCUT2D eigenvalue weighted by Gasteiger charge is 2.22. The van der Waals surface area contributed by atoms with Crippen LogP contribution in [0, 0.1) is 0 Å². The van der Waals surface area contributed by atoms with Crippen molar-refractivity contribution in [1.82, 2.24) is 0 Å². The second-order valence-electron chi connectivity index (χ2n) is 4.46. The molecule has 4 nitrogen and oxygen atoms in total. The molecule has 0 atom stereocenters. The molecule has 0 amide bonds. The number of carbonyl (C=O) groups is 1. The predicted octanol–water partition coefficient (Wildman–Crippen LogP) is 3.12. The Morgan fingerprint density at radius 2 is 1.75 bits per heavy atom. The Morgan fingerprint density at radius 1 is 1.00 bits per heavy atom. The van der Waals surface area contributed by atoms with Crippen LogP contribution < -0.4 is 10.2 Å². The van der Waals surface area contributed by atoms with Gasteiger partial charge in [-0.15, -0.1) is 0 Å². The number of ether oxygens (including phenoxy) is 1. The fourth-order valence-corrected chi connectivity index (χ4v) is 2.06. The average molecular weight is 266 g/mol. The lowest BCUT2D eigenvalue weighted by molar-refractivity contribution is 0.106. The van der Waals surface area contributed by atoms with E-state index in [2.05, 4.69) is 10.5 Å². The number of Topliss-reactive ketones (excluding diaryl/α,β-unsaturated/α-hetero) is 1. The van der Waals surface area contributed by atoms with Crippen LogP contribution in [0.1, 0.15) is 16.8 Å². The third-order valence-electron chi connectivity index (χ3n) is 3.08. The molecule has 4 heteroatoms. The number of nitrogens with zero attached hydrogens (tertiary/aromatic N) is 1. The maximum Gasteiger partial charge on any atom is 0.212 e. The topological polar surface area (TPSA) is 50.7 Å². The molecule has 2 aromatic carbocycles. The summed E-state index contributed by atoms with van der Waals surface area (Å²) in [4.78, 5) is 12.4. The van der Waals surface area contributed by atoms with Crippen LogP contribution in [0.5, 0.6) is 5.75 Å². The fraction of sp³-hybridized carbons (Fsp3) is 0.125. The molecule has 1 aliphatic heterocycles. The van der Waals surface area contributed by atoms with Gasteiger partial charge in [-0.1, -0.05) is 30.3 Å². The van der Waals surface area contributed by atoms with E-state index in [9.17, 15) is 4.79 Å². The average Bonchev–Trinajstić information content (AvgIpc) is 2.66. The SMILES string of the molecule is O=C1/C(=N\Nc2ccccc2)CCOc2ccccc21. The van der Waals surface area contributed by atoms with Gasteiger partial charge in [0.2, 0.25) is 5.78 Å². The first-order valence-corrected chi connectivity index (χ1v) is 6.49. The Hall–Kier alpha value is -2.62. The number of fused-ring (bicyclic) bond motifs is 1. The third-order valence-corrected chi connectivity index (χ3v) is 3.08. The first-order valence-electron chi connectivity index (χ1n) is 6.49. The molecule has 1 aliphatic rings. The van der Waals surface area contributed by atoms with Crippen molar-refractivity contribution < 1.29 is 9.53 Å². The summed E-state index contributed by atoms with van der Waals surface area (Å²) in [5.74, 6) is 0.545. The van der Waals surface area contributed by atoms with Gasteiger partial charge in [0.25, 0.3) is 0 Å². The smallest absolute Gasteiger partial charge is 0.212 e. The molecular formula is C16H14N2O2. The summed E-state index contributed by atoms with van der Waals surface area (Å²) in [7, 11) is 0. The monoisotopic (exact) mass is 266 g/mol. The minimum absolute atomic E-state index is 0.0819. The molecule has 3 rings (SSSR count). The Labute approximate surface area is 117 Å². The number of hydrogen-bond donors (Lipinski definition) is 1. The van der Waals surface area contributed by atoms with Crippen LogP contribution >= 0.6 is 0 Å². The second kappa shape index (κ2) is 5.57. The number of carbonyl (C=O) groups excluding carboxylic acids is 1. The van der Waals surface area contributed by atoms with Crippen molar-refractivity contribution in [2.24, 2.45) is 5.10 Å². The van der Waals surface area contributed by atoms with Crippen LogP contribution in [0.3, 0.4) is 0 Å². The summed E-state index contributed by atoms with van der Waals surface area (Å²) < 4.78 is 5.57. The van der Waals surface area contributed by atoms with Crippen LogP contribution in [0.15, 0.2) is 59.7 Å². The third kappa shape index (κ3) is 2.54. The standard InChI is InChI=1S/C16H14N2O2/c19-16-13-8-4-5-9-15(13)20-11-10-14(16)18-17-12-6-2-1-3-7-12/h1-9,17H,10-11H2/b18-14-. The second-order valence-corrected chi connectivity index (χ2v) is 4.46. The quantitative estimate of drug-likeness (QED) is 0.850. The highest BCUT2D eigenvalue weighted by molar-refractivity contribution is 6.46. The van der Waals surface area contributed by atoms with Gasteiger partial charge in [-0.05, 0) is 24.3 Å². The zero-order valence-corrected chi connectivity index (χ0v) is 10.9. The molecule has 0 radical (unpaired) electrons. The number of rotatable bonds is 2. The van der Waals surface area contributed by atoms with Crippen LogP contribution in [-0.2, 0) is 0 Å². The van der Waals surface area contributed by atoms with Crippen LogP contribution in [-0.4, -0.2) is 18.1 Å². The van der Waals surface area contributed by atoms with E-state index in [-0.39, 0.29) is 5.78 Å². The summed E-state index contributed by atoms with van der Waals surface area (Å²) in [6, 6.07) is 16.8. The Kier molecular flexibility index (Phi) is 3.46. The minimum Gasteiger partial charge on any atom is -0.492 e. The number of nitrogens with one attached hydrogen (secondary N) is 1. The van der Waals surface area contributed by atoms with E-state index in [0.717, 1.165) is 5.69 Å². The van der Waals surface area contributed by atoms with Gasteiger partial charge in [-0.25, -0.2) is 0 Å². The molecule has 0 fully saturated rings. The van der Waals surface area contributed by atoms with Gasteiger partial charge < -0.3 is 4.74 Å². The van der Waals surface area contributed by atoms with Gasteiger partial charge in [0.05, 0.1) is 17.9 Å². The van der Waals surface area contributed by atoms with Gasteiger partial charge in [0.1, 0.15) is 11.5 Å². The molecule has 20 heavy (non-hydrogen) atoms. The van der Waals surface area contributed by atoms with Crippen molar-refractivity contribution in [2.45, 2.75) is 6.42 Å². The largest absolute Gasteiger partial charge is 0.492 e. The highest BCUT2D eigenvalue weighted by Crippen LogP contribution is 2.22. The van der Waals surface area contributed by atoms with Crippen molar-refractivity contribution in [1.29, 1.82) is 0 Å². The van der Waals surface area contributed by atoms with Crippen molar-refractivity contribution in [3.63, 3.8) is 0 Å². The maximum atomic E-state index is 12.4. The van der Waals surface area contributed by atoms with E-state index < -0.39 is 0 Å². The summed E-state index contributed by atoms with van der Waals surface area (Å²) in [5.41, 5.74) is 4.82. The first-order chi connectivity index (χ1) is 9.84. The molecule has 100 valence electrons. The summed E-state index contributed by atoms with van der Waals surface area (Å²) in [6.07, 6.45) is 0.493. The molecule has 0 aromatic heterocycles. The van der Waals surface area contributed by atoms with E-state index >= 15 is 0 Å². The summed E-state index contributed by atoms with van der Waals surface area (Å²) in [5, 5.41) is 4.23. The molecule has 0 bridgehead atoms. The van der Waals surface area contributed by atoms with Crippen LogP contribution in [0.2, 0.25) is 0 Å². The fourth-order valence-electron chi connectivity index (χ4n) is 2.06. The molecule has 0 unspecified atom stereocenters. The number of ketones is 1. The zero-order chi connectivity index (χ0) is 13.8. The van der Waals surface area contributed by atoms with Crippen molar-refractivity contribution >= 4 is 17.2 Å². The van der Waals surface area contributed by atoms with Crippen molar-refractivity contribution in [3.05, 3.63) is 60.2 Å². The van der Waals surface area contributed by atoms with Gasteiger partial charge >= 0.3 is 0 Å². The lowest BCUT2D eigenvalue weighted by Gasteiger charge is -2.04. The normalized spacial score (nSPS) is 16.2. The molecule has 0 saturated heterocycles. The number of para-hydroxylation sites is 2. The molecule has 0 spiro atoms. The first kappa shape index (κ1) is 12.4. The van der Waals surface area contributed by atoms with Gasteiger partial charge in [-0.2, -0.15) is 5.10 Å². The van der Waals surface area contributed by atoms with E-state index in [1.165, 1.54) is 0 Å². The number of anilines is 1. The number of benzene rings is 2. The minimum atomic E-state index is -0.0819. The highest BCUT2D eigenvalue weighted by atomic mass is 16.5.